The van der Waals surface area contributed by atoms with Crippen LogP contribution in [0.3, 0.4) is 0 Å². The maximum atomic E-state index is 10.7. The molecule has 1 aromatic heterocycles. The molecule has 0 saturated carbocycles. The van der Waals surface area contributed by atoms with Crippen molar-refractivity contribution in [1.82, 2.24) is 4.98 Å². The highest BCUT2D eigenvalue weighted by molar-refractivity contribution is 7.13. The number of carboxylic acid groups (broad SMARTS) is 1. The second kappa shape index (κ2) is 3.18. The zero-order chi connectivity index (χ0) is 10.4. The molecule has 2 saturated heterocycles. The molecule has 2 fully saturated rings. The molecule has 80 valence electrons. The van der Waals surface area contributed by atoms with Crippen molar-refractivity contribution in [3.05, 3.63) is 11.1 Å². The molecule has 0 radical (unpaired) electrons. The van der Waals surface area contributed by atoms with Gasteiger partial charge in [0.25, 0.3) is 0 Å². The number of hydrogen-bond acceptors (Lipinski definition) is 5. The van der Waals surface area contributed by atoms with Gasteiger partial charge in [-0.15, -0.1) is 11.3 Å². The molecule has 3 heterocycles. The van der Waals surface area contributed by atoms with Gasteiger partial charge in [0.2, 0.25) is 0 Å². The van der Waals surface area contributed by atoms with E-state index >= 15 is 0 Å². The van der Waals surface area contributed by atoms with E-state index in [1.165, 1.54) is 11.3 Å². The highest BCUT2D eigenvalue weighted by Gasteiger charge is 2.40. The van der Waals surface area contributed by atoms with Crippen molar-refractivity contribution in [2.75, 3.05) is 18.1 Å². The summed E-state index contributed by atoms with van der Waals surface area (Å²) in [6, 6.07) is 0.391. The number of anilines is 1. The Kier molecular flexibility index (Phi) is 1.93. The van der Waals surface area contributed by atoms with Gasteiger partial charge < -0.3 is 14.7 Å². The summed E-state index contributed by atoms with van der Waals surface area (Å²) in [6.07, 6.45) is 1.36. The van der Waals surface area contributed by atoms with Gasteiger partial charge >= 0.3 is 5.97 Å². The minimum atomic E-state index is -0.960. The first kappa shape index (κ1) is 9.11. The Morgan fingerprint density at radius 2 is 2.60 bits per heavy atom. The second-order valence-corrected chi connectivity index (χ2v) is 4.65. The Hall–Kier alpha value is -1.14. The number of aromatic carboxylic acids is 1. The van der Waals surface area contributed by atoms with Crippen LogP contribution in [-0.2, 0) is 4.74 Å². The molecule has 15 heavy (non-hydrogen) atoms. The van der Waals surface area contributed by atoms with E-state index in [4.69, 9.17) is 9.84 Å². The molecule has 5 nitrogen and oxygen atoms in total. The van der Waals surface area contributed by atoms with E-state index < -0.39 is 5.97 Å². The Labute approximate surface area is 90.3 Å². The fourth-order valence-electron chi connectivity index (χ4n) is 2.13. The largest absolute Gasteiger partial charge is 0.476 e. The van der Waals surface area contributed by atoms with Crippen LogP contribution >= 0.6 is 11.3 Å². The van der Waals surface area contributed by atoms with Crippen molar-refractivity contribution in [2.45, 2.75) is 18.6 Å². The van der Waals surface area contributed by atoms with Gasteiger partial charge in [-0.05, 0) is 6.42 Å². The van der Waals surface area contributed by atoms with Crippen molar-refractivity contribution in [3.63, 3.8) is 0 Å². The third-order valence-corrected chi connectivity index (χ3v) is 3.73. The first-order chi connectivity index (χ1) is 7.24. The van der Waals surface area contributed by atoms with Crippen LogP contribution in [0.1, 0.15) is 16.9 Å². The first-order valence-electron chi connectivity index (χ1n) is 4.81. The zero-order valence-electron chi connectivity index (χ0n) is 7.92. The van der Waals surface area contributed by atoms with Gasteiger partial charge in [-0.2, -0.15) is 0 Å². The summed E-state index contributed by atoms with van der Waals surface area (Å²) in [5, 5.41) is 11.2. The molecule has 2 atom stereocenters. The molecule has 2 aliphatic rings. The molecule has 3 rings (SSSR count). The lowest BCUT2D eigenvalue weighted by Crippen LogP contribution is -2.36. The SMILES string of the molecule is O=C(O)c1csc(N2C[C@@H]3C[C@H]2CO3)n1. The average molecular weight is 226 g/mol. The summed E-state index contributed by atoms with van der Waals surface area (Å²) in [4.78, 5) is 16.9. The van der Waals surface area contributed by atoms with Crippen molar-refractivity contribution in [2.24, 2.45) is 0 Å². The lowest BCUT2D eigenvalue weighted by atomic mass is 10.2. The van der Waals surface area contributed by atoms with E-state index in [0.29, 0.717) is 12.1 Å². The smallest absolute Gasteiger partial charge is 0.355 e. The number of carboxylic acids is 1. The molecule has 2 bridgehead atoms. The van der Waals surface area contributed by atoms with Gasteiger partial charge in [0.05, 0.1) is 18.8 Å². The van der Waals surface area contributed by atoms with E-state index in [9.17, 15) is 4.79 Å². The molecular formula is C9H10N2O3S. The summed E-state index contributed by atoms with van der Waals surface area (Å²) < 4.78 is 5.48. The van der Waals surface area contributed by atoms with E-state index in [-0.39, 0.29) is 5.69 Å². The van der Waals surface area contributed by atoms with Crippen LogP contribution in [0, 0.1) is 0 Å². The number of thiazole rings is 1. The van der Waals surface area contributed by atoms with Crippen molar-refractivity contribution >= 4 is 22.4 Å². The number of nitrogens with zero attached hydrogens (tertiary/aromatic N) is 2. The summed E-state index contributed by atoms with van der Waals surface area (Å²) >= 11 is 1.39. The van der Waals surface area contributed by atoms with Gasteiger partial charge in [0.15, 0.2) is 10.8 Å². The number of ether oxygens (including phenoxy) is 1. The molecule has 0 aromatic carbocycles. The number of fused-ring (bicyclic) bond motifs is 2. The predicted molar refractivity (Wildman–Crippen MR) is 54.6 cm³/mol. The molecule has 6 heteroatoms. The number of hydrogen-bond donors (Lipinski definition) is 1. The Morgan fingerprint density at radius 3 is 3.13 bits per heavy atom. The van der Waals surface area contributed by atoms with Gasteiger partial charge in [-0.25, -0.2) is 9.78 Å². The second-order valence-electron chi connectivity index (χ2n) is 3.82. The Morgan fingerprint density at radius 1 is 1.73 bits per heavy atom. The fraction of sp³-hybridized carbons (Fsp3) is 0.556. The first-order valence-corrected chi connectivity index (χ1v) is 5.69. The van der Waals surface area contributed by atoms with Crippen LogP contribution in [-0.4, -0.2) is 41.4 Å². The predicted octanol–water partition coefficient (Wildman–Crippen LogP) is 0.819. The standard InChI is InChI=1S/C9H10N2O3S/c12-8(13)7-4-15-9(10-7)11-2-6-1-5(11)3-14-6/h4-6H,1-3H2,(H,12,13)/t5-,6-/m0/s1. The van der Waals surface area contributed by atoms with Gasteiger partial charge in [-0.1, -0.05) is 0 Å². The van der Waals surface area contributed by atoms with Crippen LogP contribution in [0.25, 0.3) is 0 Å². The lowest BCUT2D eigenvalue weighted by molar-refractivity contribution is 0.0691. The molecule has 1 N–H and O–H groups in total. The average Bonchev–Trinajstić information content (AvgIpc) is 2.93. The number of rotatable bonds is 2. The highest BCUT2D eigenvalue weighted by atomic mass is 32.1. The molecule has 0 amide bonds. The summed E-state index contributed by atoms with van der Waals surface area (Å²) in [6.45, 7) is 1.59. The zero-order valence-corrected chi connectivity index (χ0v) is 8.74. The molecule has 0 unspecified atom stereocenters. The van der Waals surface area contributed by atoms with Crippen LogP contribution in [0.2, 0.25) is 0 Å². The molecule has 0 spiro atoms. The van der Waals surface area contributed by atoms with Crippen molar-refractivity contribution in [3.8, 4) is 0 Å². The number of aromatic nitrogens is 1. The van der Waals surface area contributed by atoms with Crippen LogP contribution in [0.5, 0.6) is 0 Å². The summed E-state index contributed by atoms with van der Waals surface area (Å²) in [5.74, 6) is -0.960. The van der Waals surface area contributed by atoms with Crippen molar-refractivity contribution in [1.29, 1.82) is 0 Å². The molecular weight excluding hydrogens is 216 g/mol. The van der Waals surface area contributed by atoms with Crippen LogP contribution in [0.4, 0.5) is 5.13 Å². The fourth-order valence-corrected chi connectivity index (χ4v) is 3.01. The Bertz CT molecular complexity index is 406. The monoisotopic (exact) mass is 226 g/mol. The number of carbonyl (C=O) groups is 1. The van der Waals surface area contributed by atoms with E-state index in [1.54, 1.807) is 5.38 Å². The van der Waals surface area contributed by atoms with E-state index in [2.05, 4.69) is 9.88 Å². The third-order valence-electron chi connectivity index (χ3n) is 2.86. The van der Waals surface area contributed by atoms with Crippen LogP contribution < -0.4 is 4.90 Å². The summed E-state index contributed by atoms with van der Waals surface area (Å²) in [5.41, 5.74) is 0.138. The maximum Gasteiger partial charge on any atom is 0.355 e. The topological polar surface area (TPSA) is 62.7 Å². The van der Waals surface area contributed by atoms with Crippen LogP contribution in [0.15, 0.2) is 5.38 Å². The lowest BCUT2D eigenvalue weighted by Gasteiger charge is -2.25. The molecule has 1 aromatic rings. The Balaban J connectivity index is 1.84. The van der Waals surface area contributed by atoms with E-state index in [0.717, 1.165) is 24.7 Å². The highest BCUT2D eigenvalue weighted by Crippen LogP contribution is 2.34. The van der Waals surface area contributed by atoms with Crippen molar-refractivity contribution < 1.29 is 14.6 Å². The van der Waals surface area contributed by atoms with Gasteiger partial charge in [0.1, 0.15) is 0 Å². The normalized spacial score (nSPS) is 28.7. The quantitative estimate of drug-likeness (QED) is 0.808. The van der Waals surface area contributed by atoms with Gasteiger partial charge in [-0.3, -0.25) is 0 Å². The van der Waals surface area contributed by atoms with Gasteiger partial charge in [0, 0.05) is 11.9 Å². The minimum Gasteiger partial charge on any atom is -0.476 e. The third kappa shape index (κ3) is 1.40. The molecule has 0 aliphatic carbocycles. The minimum absolute atomic E-state index is 0.138. The summed E-state index contributed by atoms with van der Waals surface area (Å²) in [7, 11) is 0. The molecule has 2 aliphatic heterocycles. The maximum absolute atomic E-state index is 10.7. The number of morpholine rings is 1. The van der Waals surface area contributed by atoms with E-state index in [1.807, 2.05) is 0 Å².